The quantitative estimate of drug-likeness (QED) is 0.637. The smallest absolute Gasteiger partial charge is 0.342 e. The number of nitriles is 5. The van der Waals surface area contributed by atoms with Crippen molar-refractivity contribution in [2.24, 2.45) is 10.8 Å². The molecule has 0 atom stereocenters. The number of nitrogens with zero attached hydrogens (tertiary/aromatic N) is 5. The van der Waals surface area contributed by atoms with E-state index in [1.807, 2.05) is 0 Å². The number of aliphatic carboxylic acids is 1. The third-order valence-electron chi connectivity index (χ3n) is 1.72. The van der Waals surface area contributed by atoms with Crippen LogP contribution in [0.1, 0.15) is 0 Å². The van der Waals surface area contributed by atoms with E-state index < -0.39 is 16.8 Å². The molecule has 0 aromatic rings. The van der Waals surface area contributed by atoms with Crippen LogP contribution in [0.15, 0.2) is 0 Å². The van der Waals surface area contributed by atoms with Crippen LogP contribution in [0.3, 0.4) is 0 Å². The molecule has 0 saturated carbocycles. The Hall–Kier alpha value is -3.08. The monoisotopic (exact) mass is 199 g/mol. The highest BCUT2D eigenvalue weighted by molar-refractivity contribution is 5.85. The summed E-state index contributed by atoms with van der Waals surface area (Å²) >= 11 is 0. The molecule has 7 heteroatoms. The highest BCUT2D eigenvalue weighted by Gasteiger charge is 2.62. The SMILES string of the molecule is N#CC(C#N)(C#N)C(C#N)(C#N)C(=O)O. The van der Waals surface area contributed by atoms with Crippen molar-refractivity contribution in [3.05, 3.63) is 0 Å². The summed E-state index contributed by atoms with van der Waals surface area (Å²) in [5.74, 6) is -2.00. The molecule has 0 amide bonds. The third-order valence-corrected chi connectivity index (χ3v) is 1.72. The third kappa shape index (κ3) is 1.20. The number of rotatable bonds is 2. The minimum absolute atomic E-state index is 1.03. The Morgan fingerprint density at radius 1 is 0.867 bits per heavy atom. The molecule has 0 aliphatic heterocycles. The van der Waals surface area contributed by atoms with E-state index in [-0.39, 0.29) is 0 Å². The first-order valence-corrected chi connectivity index (χ1v) is 3.30. The van der Waals surface area contributed by atoms with Gasteiger partial charge < -0.3 is 5.11 Å². The summed E-state index contributed by atoms with van der Waals surface area (Å²) in [5, 5.41) is 51.5. The number of hydrogen-bond donors (Lipinski definition) is 1. The Morgan fingerprint density at radius 2 is 1.20 bits per heavy atom. The van der Waals surface area contributed by atoms with E-state index in [4.69, 9.17) is 31.4 Å². The van der Waals surface area contributed by atoms with Crippen LogP contribution in [-0.2, 0) is 4.79 Å². The molecule has 0 aliphatic rings. The van der Waals surface area contributed by atoms with Crippen molar-refractivity contribution in [1.82, 2.24) is 0 Å². The molecule has 0 aromatic heterocycles. The molecule has 0 spiro atoms. The summed E-state index contributed by atoms with van der Waals surface area (Å²) in [6, 6.07) is 5.33. The number of carbonyl (C=O) groups is 1. The second-order valence-electron chi connectivity index (χ2n) is 2.36. The summed E-state index contributed by atoms with van der Waals surface area (Å²) in [4.78, 5) is 10.7. The molecule has 0 radical (unpaired) electrons. The number of carboxylic acids is 1. The average Bonchev–Trinajstić information content (AvgIpc) is 2.26. The van der Waals surface area contributed by atoms with Gasteiger partial charge in [-0.2, -0.15) is 26.3 Å². The minimum Gasteiger partial charge on any atom is -0.479 e. The van der Waals surface area contributed by atoms with Crippen LogP contribution in [0.5, 0.6) is 0 Å². The van der Waals surface area contributed by atoms with E-state index in [2.05, 4.69) is 0 Å². The molecule has 7 nitrogen and oxygen atoms in total. The van der Waals surface area contributed by atoms with Crippen molar-refractivity contribution in [3.63, 3.8) is 0 Å². The molecular weight excluding hydrogens is 198 g/mol. The van der Waals surface area contributed by atoms with E-state index in [1.165, 1.54) is 0 Å². The Morgan fingerprint density at radius 3 is 1.27 bits per heavy atom. The van der Waals surface area contributed by atoms with Crippen LogP contribution < -0.4 is 0 Å². The van der Waals surface area contributed by atoms with Crippen molar-refractivity contribution >= 4 is 5.97 Å². The van der Waals surface area contributed by atoms with Gasteiger partial charge in [-0.05, 0) is 0 Å². The lowest BCUT2D eigenvalue weighted by Gasteiger charge is -2.19. The Labute approximate surface area is 84.2 Å². The molecule has 1 N–H and O–H groups in total. The largest absolute Gasteiger partial charge is 0.479 e. The molecule has 0 aliphatic carbocycles. The van der Waals surface area contributed by atoms with Gasteiger partial charge in [0.2, 0.25) is 0 Å². The van der Waals surface area contributed by atoms with Gasteiger partial charge in [0.05, 0.1) is 0 Å². The first kappa shape index (κ1) is 11.9. The predicted molar refractivity (Wildman–Crippen MR) is 40.6 cm³/mol. The fourth-order valence-corrected chi connectivity index (χ4v) is 0.775. The van der Waals surface area contributed by atoms with Crippen LogP contribution in [0.25, 0.3) is 0 Å². The Bertz CT molecular complexity index is 452. The van der Waals surface area contributed by atoms with Crippen molar-refractivity contribution in [3.8, 4) is 30.3 Å². The fourth-order valence-electron chi connectivity index (χ4n) is 0.775. The lowest BCUT2D eigenvalue weighted by atomic mass is 9.67. The van der Waals surface area contributed by atoms with E-state index in [0.29, 0.717) is 0 Å². The number of hydrogen-bond acceptors (Lipinski definition) is 6. The maximum atomic E-state index is 10.7. The zero-order valence-electron chi connectivity index (χ0n) is 7.09. The van der Waals surface area contributed by atoms with Gasteiger partial charge in [0, 0.05) is 0 Å². The molecule has 0 unspecified atom stereocenters. The van der Waals surface area contributed by atoms with Gasteiger partial charge in [-0.1, -0.05) is 0 Å². The lowest BCUT2D eigenvalue weighted by Crippen LogP contribution is -2.43. The summed E-state index contributed by atoms with van der Waals surface area (Å²) in [6.45, 7) is 0. The highest BCUT2D eigenvalue weighted by Crippen LogP contribution is 2.37. The molecule has 15 heavy (non-hydrogen) atoms. The van der Waals surface area contributed by atoms with E-state index in [9.17, 15) is 4.79 Å². The van der Waals surface area contributed by atoms with E-state index in [0.717, 1.165) is 30.3 Å². The first-order chi connectivity index (χ1) is 7.00. The van der Waals surface area contributed by atoms with E-state index >= 15 is 0 Å². The van der Waals surface area contributed by atoms with Gasteiger partial charge in [0.25, 0.3) is 10.8 Å². The molecule has 0 bridgehead atoms. The zero-order chi connectivity index (χ0) is 12.1. The van der Waals surface area contributed by atoms with Crippen molar-refractivity contribution < 1.29 is 9.90 Å². The molecular formula is C8HN5O2. The Balaban J connectivity index is 6.20. The highest BCUT2D eigenvalue weighted by atomic mass is 16.4. The van der Waals surface area contributed by atoms with Crippen LogP contribution in [0.4, 0.5) is 0 Å². The van der Waals surface area contributed by atoms with Crippen LogP contribution in [0, 0.1) is 67.5 Å². The zero-order valence-corrected chi connectivity index (χ0v) is 7.09. The molecule has 0 fully saturated rings. The standard InChI is InChI=1S/C8HN5O2/c9-1-7(2-10,3-11)8(4-12,5-13)6(14)15/h(H,14,15). The number of carboxylic acid groups (broad SMARTS) is 1. The molecule has 0 rings (SSSR count). The molecule has 0 aromatic carbocycles. The van der Waals surface area contributed by atoms with Crippen molar-refractivity contribution in [2.45, 2.75) is 0 Å². The Kier molecular flexibility index (Phi) is 2.98. The molecule has 70 valence electrons. The molecule has 0 saturated heterocycles. The maximum Gasteiger partial charge on any atom is 0.342 e. The topological polar surface area (TPSA) is 156 Å². The average molecular weight is 199 g/mol. The summed E-state index contributed by atoms with van der Waals surface area (Å²) < 4.78 is 0. The maximum absolute atomic E-state index is 10.7. The van der Waals surface area contributed by atoms with Gasteiger partial charge in [0.1, 0.15) is 30.3 Å². The van der Waals surface area contributed by atoms with E-state index in [1.54, 1.807) is 0 Å². The van der Waals surface area contributed by atoms with Crippen LogP contribution >= 0.6 is 0 Å². The minimum atomic E-state index is -3.01. The fraction of sp³-hybridized carbons (Fsp3) is 0.250. The van der Waals surface area contributed by atoms with Crippen LogP contribution in [0.2, 0.25) is 0 Å². The summed E-state index contributed by atoms with van der Waals surface area (Å²) in [6.07, 6.45) is 0. The normalized spacial score (nSPS) is 9.53. The second-order valence-corrected chi connectivity index (χ2v) is 2.36. The first-order valence-electron chi connectivity index (χ1n) is 3.30. The van der Waals surface area contributed by atoms with Gasteiger partial charge in [0.15, 0.2) is 0 Å². The van der Waals surface area contributed by atoms with Gasteiger partial charge in [-0.25, -0.2) is 4.79 Å². The second kappa shape index (κ2) is 3.75. The van der Waals surface area contributed by atoms with Crippen LogP contribution in [-0.4, -0.2) is 11.1 Å². The van der Waals surface area contributed by atoms with Crippen molar-refractivity contribution in [2.75, 3.05) is 0 Å². The lowest BCUT2D eigenvalue weighted by molar-refractivity contribution is -0.144. The van der Waals surface area contributed by atoms with Gasteiger partial charge in [-0.15, -0.1) is 0 Å². The van der Waals surface area contributed by atoms with Crippen molar-refractivity contribution in [1.29, 1.82) is 26.3 Å². The van der Waals surface area contributed by atoms with Gasteiger partial charge >= 0.3 is 5.97 Å². The molecule has 0 heterocycles. The summed E-state index contributed by atoms with van der Waals surface area (Å²) in [7, 11) is 0. The predicted octanol–water partition coefficient (Wildman–Crippen LogP) is -0.338. The summed E-state index contributed by atoms with van der Waals surface area (Å²) in [5.41, 5.74) is -5.85. The van der Waals surface area contributed by atoms with Gasteiger partial charge in [-0.3, -0.25) is 0 Å².